The SMILES string of the molecule is Pc1ccccc1.[CH3][Ge]([CH3])[CH3]. The van der Waals surface area contributed by atoms with Gasteiger partial charge in [0.1, 0.15) is 0 Å². The van der Waals surface area contributed by atoms with Gasteiger partial charge in [0.2, 0.25) is 0 Å². The molecule has 0 aliphatic carbocycles. The van der Waals surface area contributed by atoms with Crippen molar-refractivity contribution >= 4 is 28.9 Å². The molecule has 1 radical (unpaired) electrons. The summed E-state index contributed by atoms with van der Waals surface area (Å²) in [6.07, 6.45) is 0. The van der Waals surface area contributed by atoms with Gasteiger partial charge in [0, 0.05) is 0 Å². The summed E-state index contributed by atoms with van der Waals surface area (Å²) in [5.41, 5.74) is 0. The van der Waals surface area contributed by atoms with Crippen molar-refractivity contribution < 1.29 is 0 Å². The number of rotatable bonds is 0. The van der Waals surface area contributed by atoms with Gasteiger partial charge in [-0.05, 0) is 5.30 Å². The minimum absolute atomic E-state index is 0.333. The molecule has 0 nitrogen and oxygen atoms in total. The molecular weight excluding hydrogens is 212 g/mol. The summed E-state index contributed by atoms with van der Waals surface area (Å²) in [4.78, 5) is 0. The van der Waals surface area contributed by atoms with Crippen molar-refractivity contribution in [3.8, 4) is 0 Å². The van der Waals surface area contributed by atoms with Crippen LogP contribution in [0.2, 0.25) is 17.3 Å². The summed E-state index contributed by atoms with van der Waals surface area (Å²) in [5.74, 6) is 7.00. The maximum atomic E-state index is 2.63. The van der Waals surface area contributed by atoms with Gasteiger partial charge < -0.3 is 0 Å². The second-order valence-electron chi connectivity index (χ2n) is 2.91. The molecule has 2 heteroatoms. The van der Waals surface area contributed by atoms with Gasteiger partial charge in [-0.3, -0.25) is 0 Å². The zero-order chi connectivity index (χ0) is 8.69. The van der Waals surface area contributed by atoms with Crippen LogP contribution >= 0.6 is 9.24 Å². The molecule has 0 aliphatic heterocycles. The first-order chi connectivity index (χ1) is 5.13. The van der Waals surface area contributed by atoms with E-state index in [0.717, 1.165) is 0 Å². The van der Waals surface area contributed by atoms with Gasteiger partial charge in [-0.15, -0.1) is 9.24 Å². The maximum absolute atomic E-state index is 2.63. The molecule has 0 heterocycles. The van der Waals surface area contributed by atoms with Gasteiger partial charge in [0.05, 0.1) is 0 Å². The molecule has 0 saturated heterocycles. The standard InChI is InChI=1S/C6H7P.C3H9Ge/c7-6-4-2-1-3-5-6;1-4(2)3/h1-5H,7H2;1-3H3. The van der Waals surface area contributed by atoms with E-state index >= 15 is 0 Å². The Balaban J connectivity index is 0.000000218. The molecule has 11 heavy (non-hydrogen) atoms. The average Bonchev–Trinajstić information content (AvgIpc) is 1.87. The third kappa shape index (κ3) is 10.2. The van der Waals surface area contributed by atoms with Crippen LogP contribution in [0.15, 0.2) is 30.3 Å². The molecular formula is C9H16GeP. The van der Waals surface area contributed by atoms with Crippen LogP contribution in [0.5, 0.6) is 0 Å². The number of hydrogen-bond acceptors (Lipinski definition) is 0. The second-order valence-corrected chi connectivity index (χ2v) is 9.87. The van der Waals surface area contributed by atoms with Crippen LogP contribution in [0, 0.1) is 0 Å². The molecule has 0 saturated carbocycles. The van der Waals surface area contributed by atoms with Crippen LogP contribution < -0.4 is 5.30 Å². The Hall–Kier alpha value is 0.193. The van der Waals surface area contributed by atoms with E-state index < -0.39 is 0 Å². The van der Waals surface area contributed by atoms with E-state index in [1.54, 1.807) is 0 Å². The summed E-state index contributed by atoms with van der Waals surface area (Å²) in [7, 11) is 2.63. The van der Waals surface area contributed by atoms with Gasteiger partial charge in [0.15, 0.2) is 0 Å². The summed E-state index contributed by atoms with van der Waals surface area (Å²) in [5, 5.41) is 1.24. The van der Waals surface area contributed by atoms with Gasteiger partial charge in [-0.25, -0.2) is 0 Å². The minimum atomic E-state index is -0.333. The van der Waals surface area contributed by atoms with Crippen molar-refractivity contribution in [2.45, 2.75) is 17.3 Å². The predicted molar refractivity (Wildman–Crippen MR) is 59.1 cm³/mol. The van der Waals surface area contributed by atoms with Crippen LogP contribution in [0.3, 0.4) is 0 Å². The molecule has 1 atom stereocenters. The molecule has 1 unspecified atom stereocenters. The number of hydrogen-bond donors (Lipinski definition) is 0. The fourth-order valence-electron chi connectivity index (χ4n) is 0.453. The van der Waals surface area contributed by atoms with E-state index in [4.69, 9.17) is 0 Å². The monoisotopic (exact) mass is 229 g/mol. The van der Waals surface area contributed by atoms with Crippen LogP contribution in [-0.2, 0) is 0 Å². The van der Waals surface area contributed by atoms with Crippen molar-refractivity contribution in [1.82, 2.24) is 0 Å². The number of benzene rings is 1. The first kappa shape index (κ1) is 11.2. The molecule has 0 aromatic heterocycles. The molecule has 0 spiro atoms. The molecule has 1 aromatic carbocycles. The molecule has 1 rings (SSSR count). The van der Waals surface area contributed by atoms with Crippen LogP contribution in [0.4, 0.5) is 0 Å². The molecule has 0 aliphatic rings. The van der Waals surface area contributed by atoms with Crippen LogP contribution in [-0.4, -0.2) is 14.3 Å². The van der Waals surface area contributed by atoms with Crippen LogP contribution in [0.25, 0.3) is 0 Å². The Bertz CT molecular complexity index is 169. The molecule has 0 N–H and O–H groups in total. The Morgan fingerprint density at radius 1 is 1.00 bits per heavy atom. The molecule has 1 aromatic rings. The molecule has 61 valence electrons. The summed E-state index contributed by atoms with van der Waals surface area (Å²) in [6.45, 7) is 0. The zero-order valence-electron chi connectivity index (χ0n) is 7.46. The molecule has 0 fully saturated rings. The topological polar surface area (TPSA) is 0 Å². The fraction of sp³-hybridized carbons (Fsp3) is 0.333. The quantitative estimate of drug-likeness (QED) is 0.472. The van der Waals surface area contributed by atoms with E-state index in [-0.39, 0.29) is 14.3 Å². The molecule has 0 amide bonds. The normalized spacial score (nSPS) is 8.82. The van der Waals surface area contributed by atoms with Gasteiger partial charge in [-0.1, -0.05) is 30.3 Å². The van der Waals surface area contributed by atoms with E-state index in [0.29, 0.717) is 0 Å². The predicted octanol–water partition coefficient (Wildman–Crippen LogP) is 2.56. The Morgan fingerprint density at radius 2 is 1.36 bits per heavy atom. The van der Waals surface area contributed by atoms with Crippen molar-refractivity contribution in [3.63, 3.8) is 0 Å². The summed E-state index contributed by atoms with van der Waals surface area (Å²) < 4.78 is 0. The van der Waals surface area contributed by atoms with Gasteiger partial charge in [-0.2, -0.15) is 0 Å². The first-order valence-corrected chi connectivity index (χ1v) is 10.6. The van der Waals surface area contributed by atoms with Gasteiger partial charge in [0.25, 0.3) is 0 Å². The Morgan fingerprint density at radius 3 is 1.55 bits per heavy atom. The van der Waals surface area contributed by atoms with Crippen molar-refractivity contribution in [1.29, 1.82) is 0 Å². The average molecular weight is 228 g/mol. The summed E-state index contributed by atoms with van der Waals surface area (Å²) in [6, 6.07) is 10.1. The van der Waals surface area contributed by atoms with Crippen molar-refractivity contribution in [3.05, 3.63) is 30.3 Å². The third-order valence-corrected chi connectivity index (χ3v) is 1.18. The van der Waals surface area contributed by atoms with E-state index in [2.05, 4.69) is 26.5 Å². The van der Waals surface area contributed by atoms with E-state index in [9.17, 15) is 0 Å². The fourth-order valence-corrected chi connectivity index (χ4v) is 0.675. The van der Waals surface area contributed by atoms with E-state index in [1.165, 1.54) is 5.30 Å². The van der Waals surface area contributed by atoms with Gasteiger partial charge >= 0.3 is 31.6 Å². The third-order valence-electron chi connectivity index (χ3n) is 0.800. The van der Waals surface area contributed by atoms with E-state index in [1.807, 2.05) is 30.3 Å². The van der Waals surface area contributed by atoms with Crippen molar-refractivity contribution in [2.75, 3.05) is 0 Å². The molecule has 0 bridgehead atoms. The zero-order valence-corrected chi connectivity index (χ0v) is 10.7. The first-order valence-electron chi connectivity index (χ1n) is 3.70. The van der Waals surface area contributed by atoms with Crippen LogP contribution in [0.1, 0.15) is 0 Å². The Labute approximate surface area is 76.7 Å². The summed E-state index contributed by atoms with van der Waals surface area (Å²) >= 11 is -0.333. The Kier molecular flexibility index (Phi) is 7.00. The second kappa shape index (κ2) is 6.88. The van der Waals surface area contributed by atoms with Crippen molar-refractivity contribution in [2.24, 2.45) is 0 Å².